The Bertz CT molecular complexity index is 377. The van der Waals surface area contributed by atoms with E-state index >= 15 is 0 Å². The highest BCUT2D eigenvalue weighted by molar-refractivity contribution is 5.97. The van der Waals surface area contributed by atoms with Gasteiger partial charge >= 0.3 is 0 Å². The Balaban J connectivity index is 3.00. The van der Waals surface area contributed by atoms with E-state index in [9.17, 15) is 9.59 Å². The lowest BCUT2D eigenvalue weighted by atomic mass is 9.82. The van der Waals surface area contributed by atoms with Gasteiger partial charge in [0, 0.05) is 6.54 Å². The molecule has 1 heterocycles. The minimum absolute atomic E-state index is 0.0159. The molecule has 0 saturated carbocycles. The van der Waals surface area contributed by atoms with E-state index < -0.39 is 0 Å². The lowest BCUT2D eigenvalue weighted by molar-refractivity contribution is -0.154. The average molecular weight is 282 g/mol. The van der Waals surface area contributed by atoms with Crippen LogP contribution in [-0.4, -0.2) is 35.3 Å². The molecule has 0 aromatic heterocycles. The predicted molar refractivity (Wildman–Crippen MR) is 81.2 cm³/mol. The van der Waals surface area contributed by atoms with Crippen molar-refractivity contribution in [3.63, 3.8) is 0 Å². The SMILES string of the molecule is CCC1NC(=O)C(C(C)(C)C)N(CCC(C)(C)C)C1=O. The Morgan fingerprint density at radius 2 is 1.65 bits per heavy atom. The molecule has 0 spiro atoms. The first-order valence-electron chi connectivity index (χ1n) is 7.58. The molecular weight excluding hydrogens is 252 g/mol. The number of hydrogen-bond donors (Lipinski definition) is 1. The quantitative estimate of drug-likeness (QED) is 0.865. The van der Waals surface area contributed by atoms with Crippen LogP contribution in [0.3, 0.4) is 0 Å². The van der Waals surface area contributed by atoms with E-state index in [4.69, 9.17) is 0 Å². The van der Waals surface area contributed by atoms with E-state index in [-0.39, 0.29) is 34.7 Å². The predicted octanol–water partition coefficient (Wildman–Crippen LogP) is 2.57. The number of carbonyl (C=O) groups excluding carboxylic acids is 2. The molecule has 116 valence electrons. The van der Waals surface area contributed by atoms with Crippen LogP contribution in [0.4, 0.5) is 0 Å². The summed E-state index contributed by atoms with van der Waals surface area (Å²) in [4.78, 5) is 26.8. The van der Waals surface area contributed by atoms with Crippen molar-refractivity contribution in [1.82, 2.24) is 10.2 Å². The van der Waals surface area contributed by atoms with Gasteiger partial charge in [0.05, 0.1) is 0 Å². The number of nitrogens with zero attached hydrogens (tertiary/aromatic N) is 1. The van der Waals surface area contributed by atoms with E-state index in [0.29, 0.717) is 13.0 Å². The van der Waals surface area contributed by atoms with Gasteiger partial charge in [0.15, 0.2) is 0 Å². The van der Waals surface area contributed by atoms with Gasteiger partial charge < -0.3 is 10.2 Å². The van der Waals surface area contributed by atoms with Crippen molar-refractivity contribution < 1.29 is 9.59 Å². The van der Waals surface area contributed by atoms with Crippen molar-refractivity contribution in [2.45, 2.75) is 73.4 Å². The summed E-state index contributed by atoms with van der Waals surface area (Å²) < 4.78 is 0. The minimum Gasteiger partial charge on any atom is -0.342 e. The summed E-state index contributed by atoms with van der Waals surface area (Å²) in [6.07, 6.45) is 1.54. The smallest absolute Gasteiger partial charge is 0.245 e. The van der Waals surface area contributed by atoms with Gasteiger partial charge in [-0.05, 0) is 23.7 Å². The van der Waals surface area contributed by atoms with Crippen LogP contribution < -0.4 is 5.32 Å². The number of rotatable bonds is 3. The van der Waals surface area contributed by atoms with Crippen LogP contribution in [-0.2, 0) is 9.59 Å². The zero-order chi connectivity index (χ0) is 15.7. The molecule has 1 saturated heterocycles. The van der Waals surface area contributed by atoms with Crippen molar-refractivity contribution in [2.24, 2.45) is 10.8 Å². The molecule has 0 bridgehead atoms. The lowest BCUT2D eigenvalue weighted by Gasteiger charge is -2.45. The third-order valence-corrected chi connectivity index (χ3v) is 3.79. The highest BCUT2D eigenvalue weighted by Gasteiger charge is 2.45. The third-order valence-electron chi connectivity index (χ3n) is 3.79. The molecule has 0 aromatic rings. The maximum absolute atomic E-state index is 12.6. The molecule has 0 aliphatic carbocycles. The minimum atomic E-state index is -0.375. The van der Waals surface area contributed by atoms with Gasteiger partial charge in [-0.3, -0.25) is 9.59 Å². The fourth-order valence-electron chi connectivity index (χ4n) is 2.61. The van der Waals surface area contributed by atoms with Crippen molar-refractivity contribution in [3.05, 3.63) is 0 Å². The van der Waals surface area contributed by atoms with E-state index in [2.05, 4.69) is 26.1 Å². The average Bonchev–Trinajstić information content (AvgIpc) is 2.26. The fraction of sp³-hybridized carbons (Fsp3) is 0.875. The first-order chi connectivity index (χ1) is 8.97. The Morgan fingerprint density at radius 3 is 2.05 bits per heavy atom. The number of amides is 2. The molecule has 0 aromatic carbocycles. The van der Waals surface area contributed by atoms with E-state index in [0.717, 1.165) is 6.42 Å². The summed E-state index contributed by atoms with van der Waals surface area (Å²) >= 11 is 0. The summed E-state index contributed by atoms with van der Waals surface area (Å²) in [5, 5.41) is 2.87. The monoisotopic (exact) mass is 282 g/mol. The summed E-state index contributed by atoms with van der Waals surface area (Å²) in [6, 6.07) is -0.735. The molecule has 20 heavy (non-hydrogen) atoms. The second-order valence-corrected chi connectivity index (χ2v) is 8.08. The molecule has 1 aliphatic heterocycles. The van der Waals surface area contributed by atoms with Crippen molar-refractivity contribution in [1.29, 1.82) is 0 Å². The highest BCUT2D eigenvalue weighted by Crippen LogP contribution is 2.30. The molecule has 2 amide bonds. The van der Waals surface area contributed by atoms with Crippen LogP contribution in [0.15, 0.2) is 0 Å². The molecule has 0 radical (unpaired) electrons. The van der Waals surface area contributed by atoms with Crippen LogP contribution in [0.1, 0.15) is 61.3 Å². The number of nitrogens with one attached hydrogen (secondary N) is 1. The fourth-order valence-corrected chi connectivity index (χ4v) is 2.61. The number of carbonyl (C=O) groups is 2. The molecule has 1 rings (SSSR count). The Labute approximate surface area is 123 Å². The van der Waals surface area contributed by atoms with Gasteiger partial charge in [-0.15, -0.1) is 0 Å². The van der Waals surface area contributed by atoms with E-state index in [1.54, 1.807) is 4.90 Å². The normalized spacial score (nSPS) is 24.9. The Hall–Kier alpha value is -1.06. The lowest BCUT2D eigenvalue weighted by Crippen LogP contribution is -2.66. The van der Waals surface area contributed by atoms with Crippen molar-refractivity contribution >= 4 is 11.8 Å². The Kier molecular flexibility index (Phi) is 4.88. The Morgan fingerprint density at radius 1 is 1.10 bits per heavy atom. The molecule has 1 N–H and O–H groups in total. The van der Waals surface area contributed by atoms with Crippen molar-refractivity contribution in [2.75, 3.05) is 6.54 Å². The molecule has 4 nitrogen and oxygen atoms in total. The second kappa shape index (κ2) is 5.74. The molecule has 2 unspecified atom stereocenters. The van der Waals surface area contributed by atoms with Crippen molar-refractivity contribution in [3.8, 4) is 0 Å². The van der Waals surface area contributed by atoms with Gasteiger partial charge in [-0.2, -0.15) is 0 Å². The van der Waals surface area contributed by atoms with Crippen LogP contribution >= 0.6 is 0 Å². The molecule has 1 aliphatic rings. The van der Waals surface area contributed by atoms with Crippen LogP contribution in [0.5, 0.6) is 0 Å². The van der Waals surface area contributed by atoms with Gasteiger partial charge in [0.25, 0.3) is 0 Å². The van der Waals surface area contributed by atoms with Gasteiger partial charge in [0.1, 0.15) is 12.1 Å². The van der Waals surface area contributed by atoms with E-state index in [1.165, 1.54) is 0 Å². The highest BCUT2D eigenvalue weighted by atomic mass is 16.2. The first kappa shape index (κ1) is 17.0. The second-order valence-electron chi connectivity index (χ2n) is 8.08. The zero-order valence-corrected chi connectivity index (χ0v) is 14.0. The maximum Gasteiger partial charge on any atom is 0.245 e. The number of piperazine rings is 1. The van der Waals surface area contributed by atoms with Gasteiger partial charge in [-0.25, -0.2) is 0 Å². The van der Waals surface area contributed by atoms with Gasteiger partial charge in [0.2, 0.25) is 11.8 Å². The van der Waals surface area contributed by atoms with E-state index in [1.807, 2.05) is 27.7 Å². The molecule has 4 heteroatoms. The van der Waals surface area contributed by atoms with Crippen LogP contribution in [0.2, 0.25) is 0 Å². The maximum atomic E-state index is 12.6. The van der Waals surface area contributed by atoms with Gasteiger partial charge in [-0.1, -0.05) is 48.5 Å². The molecule has 1 fully saturated rings. The van der Waals surface area contributed by atoms with Crippen LogP contribution in [0.25, 0.3) is 0 Å². The summed E-state index contributed by atoms with van der Waals surface area (Å²) in [5.41, 5.74) is -0.102. The standard InChI is InChI=1S/C16H30N2O2/c1-8-11-14(20)18(10-9-15(2,3)4)12(13(19)17-11)16(5,6)7/h11-12H,8-10H2,1-7H3,(H,17,19). The topological polar surface area (TPSA) is 49.4 Å². The molecule has 2 atom stereocenters. The number of hydrogen-bond acceptors (Lipinski definition) is 2. The summed E-state index contributed by atoms with van der Waals surface area (Å²) in [6.45, 7) is 15.1. The third kappa shape index (κ3) is 3.97. The summed E-state index contributed by atoms with van der Waals surface area (Å²) in [5.74, 6) is 0.0501. The first-order valence-corrected chi connectivity index (χ1v) is 7.58. The zero-order valence-electron chi connectivity index (χ0n) is 14.0. The molecular formula is C16H30N2O2. The summed E-state index contributed by atoms with van der Waals surface area (Å²) in [7, 11) is 0. The largest absolute Gasteiger partial charge is 0.342 e. The van der Waals surface area contributed by atoms with Crippen LogP contribution in [0, 0.1) is 10.8 Å².